The number of carbonyl (C=O) groups excluding carboxylic acids is 1. The predicted octanol–water partition coefficient (Wildman–Crippen LogP) is -0.501. The zero-order valence-electron chi connectivity index (χ0n) is 6.11. The van der Waals surface area contributed by atoms with Crippen molar-refractivity contribution in [2.24, 2.45) is 4.99 Å². The van der Waals surface area contributed by atoms with Crippen LogP contribution < -0.4 is 10.6 Å². The highest BCUT2D eigenvalue weighted by Gasteiger charge is 2.02. The SMILES string of the molecule is N#Cc1ccc2c(c1)=CC(=O)N=2. The normalized spacial score (nSPS) is 12.8. The van der Waals surface area contributed by atoms with Gasteiger partial charge in [0.25, 0.3) is 5.91 Å². The van der Waals surface area contributed by atoms with Gasteiger partial charge in [-0.3, -0.25) is 4.79 Å². The lowest BCUT2D eigenvalue weighted by atomic mass is 10.2. The van der Waals surface area contributed by atoms with E-state index < -0.39 is 0 Å². The zero-order chi connectivity index (χ0) is 8.55. The number of benzene rings is 1. The fourth-order valence-electron chi connectivity index (χ4n) is 1.13. The van der Waals surface area contributed by atoms with Crippen molar-refractivity contribution in [3.05, 3.63) is 34.3 Å². The second kappa shape index (κ2) is 2.28. The van der Waals surface area contributed by atoms with Crippen LogP contribution in [0.15, 0.2) is 23.2 Å². The highest BCUT2D eigenvalue weighted by molar-refractivity contribution is 6.06. The van der Waals surface area contributed by atoms with Gasteiger partial charge in [0.2, 0.25) is 0 Å². The predicted molar refractivity (Wildman–Crippen MR) is 41.4 cm³/mol. The molecule has 0 atom stereocenters. The molecule has 0 saturated heterocycles. The Hall–Kier alpha value is -1.95. The summed E-state index contributed by atoms with van der Waals surface area (Å²) >= 11 is 0. The van der Waals surface area contributed by atoms with Crippen LogP contribution in [0.3, 0.4) is 0 Å². The molecule has 0 unspecified atom stereocenters. The minimum absolute atomic E-state index is 0.250. The topological polar surface area (TPSA) is 53.2 Å². The van der Waals surface area contributed by atoms with Gasteiger partial charge in [-0.05, 0) is 18.2 Å². The molecule has 3 heteroatoms. The Bertz CT molecular complexity index is 508. The number of carbonyl (C=O) groups is 1. The molecule has 12 heavy (non-hydrogen) atoms. The molecular weight excluding hydrogens is 152 g/mol. The Morgan fingerprint density at radius 3 is 3.00 bits per heavy atom. The molecule has 0 spiro atoms. The van der Waals surface area contributed by atoms with E-state index in [0.717, 1.165) is 5.22 Å². The van der Waals surface area contributed by atoms with E-state index in [1.165, 1.54) is 6.08 Å². The first-order valence-corrected chi connectivity index (χ1v) is 3.44. The van der Waals surface area contributed by atoms with Crippen LogP contribution in [0.4, 0.5) is 0 Å². The average molecular weight is 156 g/mol. The van der Waals surface area contributed by atoms with E-state index in [4.69, 9.17) is 5.26 Å². The number of fused-ring (bicyclic) bond motifs is 1. The lowest BCUT2D eigenvalue weighted by Gasteiger charge is -1.84. The summed E-state index contributed by atoms with van der Waals surface area (Å²) in [5.74, 6) is -0.250. The van der Waals surface area contributed by atoms with Gasteiger partial charge in [0.15, 0.2) is 0 Å². The Kier molecular flexibility index (Phi) is 1.28. The molecule has 0 saturated carbocycles. The quantitative estimate of drug-likeness (QED) is 0.508. The molecule has 1 aliphatic rings. The monoisotopic (exact) mass is 156 g/mol. The van der Waals surface area contributed by atoms with Gasteiger partial charge in [-0.1, -0.05) is 0 Å². The van der Waals surface area contributed by atoms with Crippen molar-refractivity contribution in [2.45, 2.75) is 0 Å². The molecule has 0 N–H and O–H groups in total. The van der Waals surface area contributed by atoms with Crippen molar-refractivity contribution in [2.75, 3.05) is 0 Å². The van der Waals surface area contributed by atoms with Gasteiger partial charge in [0, 0.05) is 11.3 Å². The van der Waals surface area contributed by atoms with Crippen LogP contribution in [0.1, 0.15) is 5.56 Å². The maximum absolute atomic E-state index is 10.8. The molecule has 2 rings (SSSR count). The molecule has 1 heterocycles. The molecule has 3 nitrogen and oxygen atoms in total. The first-order chi connectivity index (χ1) is 5.79. The maximum Gasteiger partial charge on any atom is 0.270 e. The summed E-state index contributed by atoms with van der Waals surface area (Å²) in [6, 6.07) is 6.98. The highest BCUT2D eigenvalue weighted by atomic mass is 16.1. The molecule has 0 bridgehead atoms. The van der Waals surface area contributed by atoms with Crippen molar-refractivity contribution < 1.29 is 4.79 Å². The third kappa shape index (κ3) is 0.903. The van der Waals surface area contributed by atoms with E-state index in [0.29, 0.717) is 10.9 Å². The third-order valence-corrected chi connectivity index (χ3v) is 1.67. The number of rotatable bonds is 0. The molecule has 0 radical (unpaired) electrons. The second-order valence-corrected chi connectivity index (χ2v) is 2.48. The molecule has 1 amide bonds. The molecule has 1 aromatic carbocycles. The maximum atomic E-state index is 10.8. The standard InChI is InChI=1S/C9H4N2O/c10-5-6-1-2-8-7(3-6)4-9(12)11-8/h1-4H. The van der Waals surface area contributed by atoms with Gasteiger partial charge in [-0.25, -0.2) is 4.99 Å². The van der Waals surface area contributed by atoms with Gasteiger partial charge >= 0.3 is 0 Å². The van der Waals surface area contributed by atoms with Crippen LogP contribution in [0.25, 0.3) is 6.08 Å². The lowest BCUT2D eigenvalue weighted by molar-refractivity contribution is -0.112. The smallest absolute Gasteiger partial charge is 0.267 e. The van der Waals surface area contributed by atoms with Crippen molar-refractivity contribution in [3.63, 3.8) is 0 Å². The van der Waals surface area contributed by atoms with Gasteiger partial charge in [-0.15, -0.1) is 0 Å². The fourth-order valence-corrected chi connectivity index (χ4v) is 1.13. The highest BCUT2D eigenvalue weighted by Crippen LogP contribution is 1.90. The molecule has 56 valence electrons. The summed E-state index contributed by atoms with van der Waals surface area (Å²) in [4.78, 5) is 14.5. The molecule has 0 aromatic heterocycles. The van der Waals surface area contributed by atoms with Gasteiger partial charge in [0.1, 0.15) is 0 Å². The van der Waals surface area contributed by atoms with Crippen molar-refractivity contribution >= 4 is 12.0 Å². The van der Waals surface area contributed by atoms with Crippen LogP contribution in [0.2, 0.25) is 0 Å². The van der Waals surface area contributed by atoms with Crippen LogP contribution >= 0.6 is 0 Å². The largest absolute Gasteiger partial charge is 0.270 e. The van der Waals surface area contributed by atoms with Crippen molar-refractivity contribution in [1.82, 2.24) is 0 Å². The minimum Gasteiger partial charge on any atom is -0.267 e. The first-order valence-electron chi connectivity index (χ1n) is 3.44. The van der Waals surface area contributed by atoms with Gasteiger partial charge in [-0.2, -0.15) is 5.26 Å². The van der Waals surface area contributed by atoms with Gasteiger partial charge in [0.05, 0.1) is 17.0 Å². The third-order valence-electron chi connectivity index (χ3n) is 1.67. The summed E-state index contributed by atoms with van der Waals surface area (Å²) in [5.41, 5.74) is 0.551. The van der Waals surface area contributed by atoms with Crippen LogP contribution in [-0.4, -0.2) is 5.91 Å². The Balaban J connectivity index is 2.83. The Morgan fingerprint density at radius 2 is 2.25 bits per heavy atom. The summed E-state index contributed by atoms with van der Waals surface area (Å²) in [6.45, 7) is 0. The number of hydrogen-bond donors (Lipinski definition) is 0. The van der Waals surface area contributed by atoms with Crippen LogP contribution in [0, 0.1) is 11.3 Å². The molecule has 0 fully saturated rings. The van der Waals surface area contributed by atoms with Crippen molar-refractivity contribution in [3.8, 4) is 6.07 Å². The zero-order valence-corrected chi connectivity index (χ0v) is 6.11. The van der Waals surface area contributed by atoms with Crippen molar-refractivity contribution in [1.29, 1.82) is 5.26 Å². The molecule has 0 aliphatic carbocycles. The number of nitrogens with zero attached hydrogens (tertiary/aromatic N) is 2. The number of nitriles is 1. The Labute approximate surface area is 68.3 Å². The fraction of sp³-hybridized carbons (Fsp3) is 0. The number of hydrogen-bond acceptors (Lipinski definition) is 2. The second-order valence-electron chi connectivity index (χ2n) is 2.48. The molecule has 1 aromatic rings. The van der Waals surface area contributed by atoms with Crippen LogP contribution in [-0.2, 0) is 4.79 Å². The van der Waals surface area contributed by atoms with E-state index in [1.807, 2.05) is 6.07 Å². The van der Waals surface area contributed by atoms with E-state index >= 15 is 0 Å². The van der Waals surface area contributed by atoms with E-state index in [-0.39, 0.29) is 5.91 Å². The summed E-state index contributed by atoms with van der Waals surface area (Å²) in [6.07, 6.45) is 1.43. The summed E-state index contributed by atoms with van der Waals surface area (Å²) in [5, 5.41) is 9.94. The number of amides is 1. The Morgan fingerprint density at radius 1 is 1.42 bits per heavy atom. The van der Waals surface area contributed by atoms with E-state index in [2.05, 4.69) is 4.99 Å². The van der Waals surface area contributed by atoms with Gasteiger partial charge < -0.3 is 0 Å². The average Bonchev–Trinajstić information content (AvgIpc) is 2.43. The van der Waals surface area contributed by atoms with E-state index in [1.54, 1.807) is 18.2 Å². The molecular formula is C9H4N2O. The van der Waals surface area contributed by atoms with E-state index in [9.17, 15) is 4.79 Å². The molecule has 1 aliphatic heterocycles. The lowest BCUT2D eigenvalue weighted by Crippen LogP contribution is -2.20. The first kappa shape index (κ1) is 6.74. The van der Waals surface area contributed by atoms with Crippen LogP contribution in [0.5, 0.6) is 0 Å². The summed E-state index contributed by atoms with van der Waals surface area (Å²) < 4.78 is 0. The minimum atomic E-state index is -0.250. The summed E-state index contributed by atoms with van der Waals surface area (Å²) in [7, 11) is 0.